The minimum absolute atomic E-state index is 0.238. The summed E-state index contributed by atoms with van der Waals surface area (Å²) in [5.41, 5.74) is 3.31. The third-order valence-electron chi connectivity index (χ3n) is 7.17. The summed E-state index contributed by atoms with van der Waals surface area (Å²) in [5.74, 6) is 3.04. The molecule has 2 nitrogen and oxygen atoms in total. The lowest BCUT2D eigenvalue weighted by atomic mass is 9.91. The van der Waals surface area contributed by atoms with Gasteiger partial charge in [0.15, 0.2) is 0 Å². The Morgan fingerprint density at radius 3 is 2.06 bits per heavy atom. The fourth-order valence-corrected chi connectivity index (χ4v) is 4.80. The van der Waals surface area contributed by atoms with Crippen molar-refractivity contribution >= 4 is 10.8 Å². The number of rotatable bonds is 14. The van der Waals surface area contributed by atoms with Crippen LogP contribution in [0.3, 0.4) is 0 Å². The van der Waals surface area contributed by atoms with E-state index in [-0.39, 0.29) is 11.5 Å². The molecule has 184 valence electrons. The van der Waals surface area contributed by atoms with Crippen LogP contribution >= 0.6 is 0 Å². The summed E-state index contributed by atoms with van der Waals surface area (Å²) in [7, 11) is 0. The molecule has 2 unspecified atom stereocenters. The molecule has 2 aromatic carbocycles. The Morgan fingerprint density at radius 1 is 0.818 bits per heavy atom. The maximum absolute atomic E-state index is 10.3. The normalized spacial score (nSPS) is 14.2. The molecule has 2 N–H and O–H groups in total. The third-order valence-corrected chi connectivity index (χ3v) is 7.17. The van der Waals surface area contributed by atoms with E-state index in [2.05, 4.69) is 46.8 Å². The number of aromatic hydroxyl groups is 2. The molecule has 0 aromatic heterocycles. The van der Waals surface area contributed by atoms with E-state index in [1.54, 1.807) is 6.07 Å². The predicted octanol–water partition coefficient (Wildman–Crippen LogP) is 9.49. The van der Waals surface area contributed by atoms with Crippen molar-refractivity contribution in [2.24, 2.45) is 17.8 Å². The maximum Gasteiger partial charge on any atom is 0.126 e. The van der Waals surface area contributed by atoms with Crippen molar-refractivity contribution in [3.8, 4) is 11.5 Å². The first-order valence-electron chi connectivity index (χ1n) is 13.3. The molecule has 2 heteroatoms. The monoisotopic (exact) mass is 452 g/mol. The SMILES string of the molecule is CC(=CCc1ccc2c(O)c(C)cc(O)c2c1)CCCC(C)CCCC(C)CCCC(C)C. The zero-order valence-electron chi connectivity index (χ0n) is 22.1. The molecular formula is C31H48O2. The average Bonchev–Trinajstić information content (AvgIpc) is 2.76. The molecule has 0 bridgehead atoms. The van der Waals surface area contributed by atoms with Gasteiger partial charge in [-0.05, 0) is 74.1 Å². The number of allylic oxidation sites excluding steroid dienone is 2. The quantitative estimate of drug-likeness (QED) is 0.221. The molecule has 2 aromatic rings. The van der Waals surface area contributed by atoms with Crippen molar-refractivity contribution < 1.29 is 10.2 Å². The van der Waals surface area contributed by atoms with Crippen LogP contribution in [0.1, 0.15) is 104 Å². The Morgan fingerprint density at radius 2 is 1.42 bits per heavy atom. The molecule has 0 saturated carbocycles. The Bertz CT molecular complexity index is 893. The molecule has 33 heavy (non-hydrogen) atoms. The van der Waals surface area contributed by atoms with Gasteiger partial charge in [0.25, 0.3) is 0 Å². The maximum atomic E-state index is 10.3. The van der Waals surface area contributed by atoms with Crippen LogP contribution in [0.15, 0.2) is 35.9 Å². The zero-order chi connectivity index (χ0) is 24.4. The average molecular weight is 453 g/mol. The lowest BCUT2D eigenvalue weighted by Gasteiger charge is -2.15. The molecule has 0 radical (unpaired) electrons. The van der Waals surface area contributed by atoms with Gasteiger partial charge in [0, 0.05) is 10.8 Å². The number of benzene rings is 2. The Hall–Kier alpha value is -1.96. The van der Waals surface area contributed by atoms with Crippen molar-refractivity contribution in [2.75, 3.05) is 0 Å². The molecule has 0 aliphatic carbocycles. The van der Waals surface area contributed by atoms with Gasteiger partial charge in [0.05, 0.1) is 0 Å². The number of phenolic OH excluding ortho intramolecular Hbond substituents is 2. The number of hydrogen-bond donors (Lipinski definition) is 2. The lowest BCUT2D eigenvalue weighted by molar-refractivity contribution is 0.389. The molecule has 0 fully saturated rings. The highest BCUT2D eigenvalue weighted by Gasteiger charge is 2.09. The van der Waals surface area contributed by atoms with Gasteiger partial charge in [-0.15, -0.1) is 0 Å². The molecule has 0 saturated heterocycles. The van der Waals surface area contributed by atoms with Gasteiger partial charge in [-0.1, -0.05) is 96.4 Å². The van der Waals surface area contributed by atoms with Crippen LogP contribution in [0.5, 0.6) is 11.5 Å². The van der Waals surface area contributed by atoms with Gasteiger partial charge in [-0.2, -0.15) is 0 Å². The Kier molecular flexibility index (Phi) is 11.3. The number of hydrogen-bond acceptors (Lipinski definition) is 2. The summed E-state index contributed by atoms with van der Waals surface area (Å²) in [6.07, 6.45) is 15.2. The van der Waals surface area contributed by atoms with Crippen molar-refractivity contribution in [2.45, 2.75) is 106 Å². The zero-order valence-corrected chi connectivity index (χ0v) is 22.1. The molecule has 2 atom stereocenters. The van der Waals surface area contributed by atoms with Crippen molar-refractivity contribution in [1.29, 1.82) is 0 Å². The lowest BCUT2D eigenvalue weighted by Crippen LogP contribution is -2.00. The van der Waals surface area contributed by atoms with E-state index in [9.17, 15) is 10.2 Å². The van der Waals surface area contributed by atoms with E-state index >= 15 is 0 Å². The highest BCUT2D eigenvalue weighted by Crippen LogP contribution is 2.35. The van der Waals surface area contributed by atoms with E-state index in [1.165, 1.54) is 56.9 Å². The number of phenols is 2. The molecule has 0 heterocycles. The molecule has 0 spiro atoms. The first-order valence-corrected chi connectivity index (χ1v) is 13.3. The predicted molar refractivity (Wildman–Crippen MR) is 144 cm³/mol. The minimum Gasteiger partial charge on any atom is -0.507 e. The first-order chi connectivity index (χ1) is 15.7. The van der Waals surface area contributed by atoms with E-state index in [0.29, 0.717) is 5.56 Å². The molecule has 0 amide bonds. The largest absolute Gasteiger partial charge is 0.507 e. The van der Waals surface area contributed by atoms with E-state index in [0.717, 1.165) is 46.9 Å². The summed E-state index contributed by atoms with van der Waals surface area (Å²) in [6, 6.07) is 7.61. The Labute approximate surface area is 203 Å². The van der Waals surface area contributed by atoms with Crippen LogP contribution in [0, 0.1) is 24.7 Å². The van der Waals surface area contributed by atoms with Gasteiger partial charge >= 0.3 is 0 Å². The van der Waals surface area contributed by atoms with Crippen molar-refractivity contribution in [3.05, 3.63) is 47.0 Å². The van der Waals surface area contributed by atoms with E-state index < -0.39 is 0 Å². The van der Waals surface area contributed by atoms with E-state index in [4.69, 9.17) is 0 Å². The van der Waals surface area contributed by atoms with Crippen LogP contribution in [0.25, 0.3) is 10.8 Å². The molecule has 0 aliphatic heterocycles. The number of fused-ring (bicyclic) bond motifs is 1. The van der Waals surface area contributed by atoms with Crippen molar-refractivity contribution in [1.82, 2.24) is 0 Å². The van der Waals surface area contributed by atoms with Crippen LogP contribution in [-0.2, 0) is 6.42 Å². The van der Waals surface area contributed by atoms with Crippen LogP contribution < -0.4 is 0 Å². The Balaban J connectivity index is 1.70. The highest BCUT2D eigenvalue weighted by molar-refractivity contribution is 5.94. The summed E-state index contributed by atoms with van der Waals surface area (Å²) < 4.78 is 0. The summed E-state index contributed by atoms with van der Waals surface area (Å²) in [6.45, 7) is 13.5. The smallest absolute Gasteiger partial charge is 0.126 e. The number of aryl methyl sites for hydroxylation is 1. The molecule has 2 rings (SSSR count). The third kappa shape index (κ3) is 9.43. The highest BCUT2D eigenvalue weighted by atomic mass is 16.3. The van der Waals surface area contributed by atoms with E-state index in [1.807, 2.05) is 19.1 Å². The summed E-state index contributed by atoms with van der Waals surface area (Å²) in [5, 5.41) is 22.0. The standard InChI is InChI=1S/C31H48O2/c1-22(2)10-7-11-23(3)12-8-13-24(4)14-9-15-25(5)16-17-27-18-19-28-29(21-27)30(32)20-26(6)31(28)33/h16,18-24,32-33H,7-15,17H2,1-6H3. The van der Waals surface area contributed by atoms with Crippen LogP contribution in [0.2, 0.25) is 0 Å². The van der Waals surface area contributed by atoms with Crippen molar-refractivity contribution in [3.63, 3.8) is 0 Å². The molecule has 0 aliphatic rings. The first kappa shape index (κ1) is 27.3. The summed E-state index contributed by atoms with van der Waals surface area (Å²) >= 11 is 0. The topological polar surface area (TPSA) is 40.5 Å². The van der Waals surface area contributed by atoms with Gasteiger partial charge < -0.3 is 10.2 Å². The van der Waals surface area contributed by atoms with Gasteiger partial charge in [-0.25, -0.2) is 0 Å². The van der Waals surface area contributed by atoms with Crippen LogP contribution in [-0.4, -0.2) is 10.2 Å². The second-order valence-corrected chi connectivity index (χ2v) is 11.1. The van der Waals surface area contributed by atoms with Crippen LogP contribution in [0.4, 0.5) is 0 Å². The fraction of sp³-hybridized carbons (Fsp3) is 0.613. The second kappa shape index (κ2) is 13.7. The van der Waals surface area contributed by atoms with Gasteiger partial charge in [0.2, 0.25) is 0 Å². The second-order valence-electron chi connectivity index (χ2n) is 11.1. The van der Waals surface area contributed by atoms with Gasteiger partial charge in [0.1, 0.15) is 11.5 Å². The minimum atomic E-state index is 0.238. The summed E-state index contributed by atoms with van der Waals surface area (Å²) in [4.78, 5) is 0. The fourth-order valence-electron chi connectivity index (χ4n) is 4.80. The van der Waals surface area contributed by atoms with Gasteiger partial charge in [-0.3, -0.25) is 0 Å². The molecular weight excluding hydrogens is 404 g/mol.